The second-order valence-corrected chi connectivity index (χ2v) is 7.52. The van der Waals surface area contributed by atoms with Crippen LogP contribution in [0.4, 0.5) is 5.82 Å². The molecule has 0 radical (unpaired) electrons. The molecule has 2 aliphatic heterocycles. The number of hydrogen-bond acceptors (Lipinski definition) is 7. The standard InChI is InChI=1S/C20H22N6O3/c1-28-16-3-2-4-17(7-16)29-12-20(27)25-10-14-8-24(9-15(14)11-25)19-6-5-18-22-21-13-26(18)23-19/h2-7,13-15H,8-12H2,1H3. The van der Waals surface area contributed by atoms with E-state index in [4.69, 9.17) is 9.47 Å². The van der Waals surface area contributed by atoms with Gasteiger partial charge in [-0.1, -0.05) is 6.07 Å². The predicted octanol–water partition coefficient (Wildman–Crippen LogP) is 1.11. The molecule has 2 atom stereocenters. The zero-order chi connectivity index (χ0) is 19.8. The number of nitrogens with zero attached hydrogens (tertiary/aromatic N) is 6. The maximum Gasteiger partial charge on any atom is 0.260 e. The van der Waals surface area contributed by atoms with Gasteiger partial charge in [-0.15, -0.1) is 15.3 Å². The Balaban J connectivity index is 1.17. The number of anilines is 1. The molecule has 150 valence electrons. The van der Waals surface area contributed by atoms with E-state index in [1.807, 2.05) is 35.2 Å². The Morgan fingerprint density at radius 2 is 1.90 bits per heavy atom. The van der Waals surface area contributed by atoms with Crippen LogP contribution >= 0.6 is 0 Å². The molecule has 1 aromatic carbocycles. The normalized spacial score (nSPS) is 20.9. The first-order valence-electron chi connectivity index (χ1n) is 9.66. The number of aromatic nitrogens is 4. The Hall–Kier alpha value is -3.36. The van der Waals surface area contributed by atoms with Crippen molar-refractivity contribution in [2.75, 3.05) is 44.8 Å². The van der Waals surface area contributed by atoms with Crippen LogP contribution < -0.4 is 14.4 Å². The monoisotopic (exact) mass is 394 g/mol. The number of likely N-dealkylation sites (tertiary alicyclic amines) is 1. The number of amides is 1. The van der Waals surface area contributed by atoms with Gasteiger partial charge in [-0.25, -0.2) is 0 Å². The summed E-state index contributed by atoms with van der Waals surface area (Å²) < 4.78 is 12.5. The van der Waals surface area contributed by atoms with E-state index in [1.165, 1.54) is 0 Å². The van der Waals surface area contributed by atoms with E-state index in [9.17, 15) is 4.79 Å². The molecule has 1 amide bonds. The maximum absolute atomic E-state index is 12.6. The quantitative estimate of drug-likeness (QED) is 0.641. The summed E-state index contributed by atoms with van der Waals surface area (Å²) >= 11 is 0. The molecule has 2 fully saturated rings. The van der Waals surface area contributed by atoms with Gasteiger partial charge >= 0.3 is 0 Å². The molecule has 0 bridgehead atoms. The SMILES string of the molecule is COc1cccc(OCC(=O)N2CC3CN(c4ccc5nncn5n4)CC3C2)c1. The second kappa shape index (κ2) is 7.23. The largest absolute Gasteiger partial charge is 0.497 e. The number of ether oxygens (including phenoxy) is 2. The van der Waals surface area contributed by atoms with E-state index in [2.05, 4.69) is 20.2 Å². The van der Waals surface area contributed by atoms with Gasteiger partial charge in [0.25, 0.3) is 5.91 Å². The van der Waals surface area contributed by atoms with Crippen LogP contribution in [-0.4, -0.2) is 70.5 Å². The zero-order valence-electron chi connectivity index (χ0n) is 16.1. The number of carbonyl (C=O) groups is 1. The molecule has 9 heteroatoms. The van der Waals surface area contributed by atoms with Gasteiger partial charge in [-0.05, 0) is 24.3 Å². The highest BCUT2D eigenvalue weighted by molar-refractivity contribution is 5.78. The molecule has 2 saturated heterocycles. The minimum atomic E-state index is 0.0257. The summed E-state index contributed by atoms with van der Waals surface area (Å²) in [6, 6.07) is 11.2. The minimum absolute atomic E-state index is 0.0257. The molecule has 5 rings (SSSR count). The first-order chi connectivity index (χ1) is 14.2. The van der Waals surface area contributed by atoms with E-state index >= 15 is 0 Å². The molecule has 2 unspecified atom stereocenters. The molecular formula is C20H22N6O3. The van der Waals surface area contributed by atoms with Crippen molar-refractivity contribution in [2.45, 2.75) is 0 Å². The third kappa shape index (κ3) is 3.43. The summed E-state index contributed by atoms with van der Waals surface area (Å²) in [5, 5.41) is 12.4. The van der Waals surface area contributed by atoms with Crippen LogP contribution in [0, 0.1) is 11.8 Å². The first kappa shape index (κ1) is 17.7. The Morgan fingerprint density at radius 3 is 2.69 bits per heavy atom. The lowest BCUT2D eigenvalue weighted by Crippen LogP contribution is -2.36. The molecule has 29 heavy (non-hydrogen) atoms. The molecule has 9 nitrogen and oxygen atoms in total. The van der Waals surface area contributed by atoms with Crippen molar-refractivity contribution >= 4 is 17.4 Å². The average molecular weight is 394 g/mol. The van der Waals surface area contributed by atoms with Crippen LogP contribution in [0.5, 0.6) is 11.5 Å². The Labute approximate surface area is 167 Å². The van der Waals surface area contributed by atoms with Crippen molar-refractivity contribution < 1.29 is 14.3 Å². The van der Waals surface area contributed by atoms with E-state index < -0.39 is 0 Å². The lowest BCUT2D eigenvalue weighted by molar-refractivity contribution is -0.132. The van der Waals surface area contributed by atoms with E-state index in [0.717, 1.165) is 37.6 Å². The fourth-order valence-electron chi connectivity index (χ4n) is 4.20. The first-order valence-corrected chi connectivity index (χ1v) is 9.66. The van der Waals surface area contributed by atoms with Gasteiger partial charge in [-0.3, -0.25) is 4.79 Å². The third-order valence-electron chi connectivity index (χ3n) is 5.71. The summed E-state index contributed by atoms with van der Waals surface area (Å²) in [5.74, 6) is 3.20. The van der Waals surface area contributed by atoms with Gasteiger partial charge in [0.2, 0.25) is 0 Å². The number of carbonyl (C=O) groups excluding carboxylic acids is 1. The van der Waals surface area contributed by atoms with Crippen molar-refractivity contribution in [1.29, 1.82) is 0 Å². The lowest BCUT2D eigenvalue weighted by Gasteiger charge is -2.22. The van der Waals surface area contributed by atoms with Crippen molar-refractivity contribution in [3.63, 3.8) is 0 Å². The average Bonchev–Trinajstić information content (AvgIpc) is 3.46. The molecule has 0 spiro atoms. The van der Waals surface area contributed by atoms with Crippen molar-refractivity contribution in [1.82, 2.24) is 24.7 Å². The summed E-state index contributed by atoms with van der Waals surface area (Å²) in [4.78, 5) is 16.8. The van der Waals surface area contributed by atoms with Gasteiger partial charge in [0, 0.05) is 44.1 Å². The fourth-order valence-corrected chi connectivity index (χ4v) is 4.20. The summed E-state index contributed by atoms with van der Waals surface area (Å²) in [5.41, 5.74) is 0.737. The number of fused-ring (bicyclic) bond motifs is 2. The number of benzene rings is 1. The molecular weight excluding hydrogens is 372 g/mol. The third-order valence-corrected chi connectivity index (χ3v) is 5.71. The van der Waals surface area contributed by atoms with E-state index in [0.29, 0.717) is 23.3 Å². The fraction of sp³-hybridized carbons (Fsp3) is 0.400. The van der Waals surface area contributed by atoms with Gasteiger partial charge in [0.1, 0.15) is 23.6 Å². The van der Waals surface area contributed by atoms with Crippen molar-refractivity contribution in [2.24, 2.45) is 11.8 Å². The predicted molar refractivity (Wildman–Crippen MR) is 105 cm³/mol. The zero-order valence-corrected chi connectivity index (χ0v) is 16.1. The molecule has 3 aromatic rings. The van der Waals surface area contributed by atoms with Crippen LogP contribution in [-0.2, 0) is 4.79 Å². The van der Waals surface area contributed by atoms with Crippen LogP contribution in [0.15, 0.2) is 42.7 Å². The van der Waals surface area contributed by atoms with Crippen molar-refractivity contribution in [3.05, 3.63) is 42.7 Å². The van der Waals surface area contributed by atoms with Crippen LogP contribution in [0.1, 0.15) is 0 Å². The number of hydrogen-bond donors (Lipinski definition) is 0. The smallest absolute Gasteiger partial charge is 0.260 e. The molecule has 0 N–H and O–H groups in total. The summed E-state index contributed by atoms with van der Waals surface area (Å²) in [6.45, 7) is 3.35. The highest BCUT2D eigenvalue weighted by atomic mass is 16.5. The maximum atomic E-state index is 12.6. The summed E-state index contributed by atoms with van der Waals surface area (Å²) in [6.07, 6.45) is 1.61. The number of rotatable bonds is 5. The minimum Gasteiger partial charge on any atom is -0.497 e. The molecule has 0 aliphatic carbocycles. The topological polar surface area (TPSA) is 85.1 Å². The van der Waals surface area contributed by atoms with Crippen LogP contribution in [0.25, 0.3) is 5.65 Å². The Morgan fingerprint density at radius 1 is 1.10 bits per heavy atom. The Bertz CT molecular complexity index is 1020. The molecule has 2 aromatic heterocycles. The van der Waals surface area contributed by atoms with Gasteiger partial charge in [-0.2, -0.15) is 4.52 Å². The second-order valence-electron chi connectivity index (χ2n) is 7.52. The van der Waals surface area contributed by atoms with Crippen molar-refractivity contribution in [3.8, 4) is 11.5 Å². The van der Waals surface area contributed by atoms with Crippen LogP contribution in [0.3, 0.4) is 0 Å². The molecule has 0 saturated carbocycles. The van der Waals surface area contributed by atoms with Gasteiger partial charge < -0.3 is 19.3 Å². The molecule has 4 heterocycles. The molecule has 2 aliphatic rings. The highest BCUT2D eigenvalue weighted by Crippen LogP contribution is 2.33. The lowest BCUT2D eigenvalue weighted by atomic mass is 10.0. The van der Waals surface area contributed by atoms with Gasteiger partial charge in [0.05, 0.1) is 7.11 Å². The van der Waals surface area contributed by atoms with E-state index in [1.54, 1.807) is 24.0 Å². The van der Waals surface area contributed by atoms with Gasteiger partial charge in [0.15, 0.2) is 12.3 Å². The highest BCUT2D eigenvalue weighted by Gasteiger charge is 2.42. The number of methoxy groups -OCH3 is 1. The van der Waals surface area contributed by atoms with Crippen LogP contribution in [0.2, 0.25) is 0 Å². The summed E-state index contributed by atoms with van der Waals surface area (Å²) in [7, 11) is 1.61. The Kier molecular flexibility index (Phi) is 4.42. The van der Waals surface area contributed by atoms with E-state index in [-0.39, 0.29) is 12.5 Å².